The Balaban J connectivity index is 1.71. The van der Waals surface area contributed by atoms with Gasteiger partial charge in [0.15, 0.2) is 9.84 Å². The summed E-state index contributed by atoms with van der Waals surface area (Å²) in [7, 11) is -2.72. The van der Waals surface area contributed by atoms with E-state index >= 15 is 0 Å². The summed E-state index contributed by atoms with van der Waals surface area (Å²) in [5.74, 6) is 1.75. The Morgan fingerprint density at radius 2 is 1.88 bits per heavy atom. The van der Waals surface area contributed by atoms with Gasteiger partial charge in [0.05, 0.1) is 18.1 Å². The van der Waals surface area contributed by atoms with Crippen LogP contribution in [0.3, 0.4) is 0 Å². The van der Waals surface area contributed by atoms with Gasteiger partial charge in [-0.3, -0.25) is 0 Å². The van der Waals surface area contributed by atoms with E-state index in [1.165, 1.54) is 0 Å². The number of aromatic hydroxyl groups is 1. The van der Waals surface area contributed by atoms with Gasteiger partial charge in [0.2, 0.25) is 0 Å². The van der Waals surface area contributed by atoms with E-state index in [1.54, 1.807) is 24.3 Å². The molecular weight excluding hydrogens is 228 g/mol. The zero-order valence-corrected chi connectivity index (χ0v) is 9.61. The number of phenolic OH excluding ortho intramolecular Hbond substituents is 1. The van der Waals surface area contributed by atoms with E-state index in [1.807, 2.05) is 0 Å². The highest BCUT2D eigenvalue weighted by Crippen LogP contribution is 2.22. The fourth-order valence-corrected chi connectivity index (χ4v) is 3.39. The zero-order chi connectivity index (χ0) is 11.6. The SMILES string of the molecule is O=S1(=O)CC(CCOc2ccc(O)cc2)C1. The molecule has 1 heterocycles. The Morgan fingerprint density at radius 3 is 2.44 bits per heavy atom. The molecule has 1 saturated heterocycles. The maximum Gasteiger partial charge on any atom is 0.150 e. The van der Waals surface area contributed by atoms with E-state index in [4.69, 9.17) is 9.84 Å². The second kappa shape index (κ2) is 4.33. The van der Waals surface area contributed by atoms with Crippen LogP contribution in [0.5, 0.6) is 11.5 Å². The first-order valence-electron chi connectivity index (χ1n) is 5.17. The predicted molar refractivity (Wildman–Crippen MR) is 60.4 cm³/mol. The summed E-state index contributed by atoms with van der Waals surface area (Å²) in [6, 6.07) is 6.49. The van der Waals surface area contributed by atoms with Gasteiger partial charge >= 0.3 is 0 Å². The molecule has 0 amide bonds. The van der Waals surface area contributed by atoms with Crippen LogP contribution in [-0.2, 0) is 9.84 Å². The van der Waals surface area contributed by atoms with Crippen molar-refractivity contribution in [1.29, 1.82) is 0 Å². The molecule has 1 aliphatic heterocycles. The van der Waals surface area contributed by atoms with Crippen molar-refractivity contribution in [3.63, 3.8) is 0 Å². The molecule has 0 aliphatic carbocycles. The third-order valence-corrected chi connectivity index (χ3v) is 4.57. The summed E-state index contributed by atoms with van der Waals surface area (Å²) in [5.41, 5.74) is 0. The van der Waals surface area contributed by atoms with Gasteiger partial charge < -0.3 is 9.84 Å². The highest BCUT2D eigenvalue weighted by atomic mass is 32.2. The Hall–Kier alpha value is -1.23. The smallest absolute Gasteiger partial charge is 0.150 e. The van der Waals surface area contributed by atoms with Gasteiger partial charge in [0, 0.05) is 0 Å². The van der Waals surface area contributed by atoms with Crippen molar-refractivity contribution >= 4 is 9.84 Å². The second-order valence-corrected chi connectivity index (χ2v) is 6.23. The minimum atomic E-state index is -2.72. The Labute approximate surface area is 94.8 Å². The first-order chi connectivity index (χ1) is 7.55. The normalized spacial score (nSPS) is 19.0. The molecule has 2 rings (SSSR count). The van der Waals surface area contributed by atoms with Gasteiger partial charge in [-0.1, -0.05) is 0 Å². The van der Waals surface area contributed by atoms with Gasteiger partial charge in [-0.2, -0.15) is 0 Å². The number of hydrogen-bond acceptors (Lipinski definition) is 4. The summed E-state index contributed by atoms with van der Waals surface area (Å²) in [5, 5.41) is 9.05. The summed E-state index contributed by atoms with van der Waals surface area (Å²) >= 11 is 0. The molecule has 0 radical (unpaired) electrons. The molecular formula is C11H14O4S. The molecule has 0 spiro atoms. The lowest BCUT2D eigenvalue weighted by Crippen LogP contribution is -2.37. The molecule has 0 atom stereocenters. The van der Waals surface area contributed by atoms with E-state index in [2.05, 4.69) is 0 Å². The monoisotopic (exact) mass is 242 g/mol. The molecule has 1 N–H and O–H groups in total. The Kier molecular flexibility index (Phi) is 3.05. The summed E-state index contributed by atoms with van der Waals surface area (Å²) in [6.07, 6.45) is 0.764. The quantitative estimate of drug-likeness (QED) is 0.862. The fraction of sp³-hybridized carbons (Fsp3) is 0.455. The van der Waals surface area contributed by atoms with Gasteiger partial charge in [-0.05, 0) is 36.6 Å². The second-order valence-electron chi connectivity index (χ2n) is 4.07. The molecule has 0 unspecified atom stereocenters. The van der Waals surface area contributed by atoms with Crippen LogP contribution in [0.1, 0.15) is 6.42 Å². The van der Waals surface area contributed by atoms with Crippen molar-refractivity contribution in [2.75, 3.05) is 18.1 Å². The maximum absolute atomic E-state index is 10.9. The molecule has 0 aromatic heterocycles. The van der Waals surface area contributed by atoms with Crippen LogP contribution < -0.4 is 4.74 Å². The van der Waals surface area contributed by atoms with Crippen LogP contribution in [0.15, 0.2) is 24.3 Å². The summed E-state index contributed by atoms with van der Waals surface area (Å²) in [6.45, 7) is 0.519. The summed E-state index contributed by atoms with van der Waals surface area (Å²) in [4.78, 5) is 0. The highest BCUT2D eigenvalue weighted by Gasteiger charge is 2.32. The average molecular weight is 242 g/mol. The zero-order valence-electron chi connectivity index (χ0n) is 8.80. The largest absolute Gasteiger partial charge is 0.508 e. The first-order valence-corrected chi connectivity index (χ1v) is 6.99. The van der Waals surface area contributed by atoms with Crippen molar-refractivity contribution in [2.24, 2.45) is 5.92 Å². The first kappa shape index (κ1) is 11.3. The topological polar surface area (TPSA) is 63.6 Å². The number of ether oxygens (including phenoxy) is 1. The van der Waals surface area contributed by atoms with Crippen LogP contribution in [0.25, 0.3) is 0 Å². The van der Waals surface area contributed by atoms with Gasteiger partial charge in [-0.15, -0.1) is 0 Å². The van der Waals surface area contributed by atoms with Crippen LogP contribution in [0.4, 0.5) is 0 Å². The highest BCUT2D eigenvalue weighted by molar-refractivity contribution is 7.92. The molecule has 4 nitrogen and oxygen atoms in total. The number of hydrogen-bond donors (Lipinski definition) is 1. The van der Waals surface area contributed by atoms with E-state index in [0.29, 0.717) is 23.9 Å². The van der Waals surface area contributed by atoms with Gasteiger partial charge in [0.1, 0.15) is 11.5 Å². The van der Waals surface area contributed by atoms with E-state index in [0.717, 1.165) is 6.42 Å². The fourth-order valence-electron chi connectivity index (χ4n) is 1.72. The lowest BCUT2D eigenvalue weighted by atomic mass is 10.1. The van der Waals surface area contributed by atoms with Crippen LogP contribution in [0.2, 0.25) is 0 Å². The lowest BCUT2D eigenvalue weighted by Gasteiger charge is -2.25. The lowest BCUT2D eigenvalue weighted by molar-refractivity contribution is 0.285. The predicted octanol–water partition coefficient (Wildman–Crippen LogP) is 1.21. The van der Waals surface area contributed by atoms with E-state index < -0.39 is 9.84 Å². The standard InChI is InChI=1S/C11H14O4S/c12-10-1-3-11(4-2-10)15-6-5-9-7-16(13,14)8-9/h1-4,9,12H,5-8H2. The van der Waals surface area contributed by atoms with Gasteiger partial charge in [-0.25, -0.2) is 8.42 Å². The Morgan fingerprint density at radius 1 is 1.25 bits per heavy atom. The molecule has 1 aromatic carbocycles. The summed E-state index contributed by atoms with van der Waals surface area (Å²) < 4.78 is 27.2. The minimum Gasteiger partial charge on any atom is -0.508 e. The maximum atomic E-state index is 10.9. The van der Waals surface area contributed by atoms with Crippen LogP contribution in [0, 0.1) is 5.92 Å². The molecule has 1 fully saturated rings. The van der Waals surface area contributed by atoms with Gasteiger partial charge in [0.25, 0.3) is 0 Å². The molecule has 16 heavy (non-hydrogen) atoms. The molecule has 0 bridgehead atoms. The molecule has 1 aliphatic rings. The van der Waals surface area contributed by atoms with Crippen LogP contribution in [-0.4, -0.2) is 31.6 Å². The molecule has 1 aromatic rings. The van der Waals surface area contributed by atoms with E-state index in [9.17, 15) is 8.42 Å². The van der Waals surface area contributed by atoms with E-state index in [-0.39, 0.29) is 11.7 Å². The molecule has 0 saturated carbocycles. The Bertz CT molecular complexity index is 437. The minimum absolute atomic E-state index is 0.206. The van der Waals surface area contributed by atoms with Crippen molar-refractivity contribution in [3.8, 4) is 11.5 Å². The number of phenols is 1. The van der Waals surface area contributed by atoms with Crippen LogP contribution >= 0.6 is 0 Å². The third-order valence-electron chi connectivity index (χ3n) is 2.61. The van der Waals surface area contributed by atoms with Crippen molar-refractivity contribution < 1.29 is 18.3 Å². The number of benzene rings is 1. The number of sulfone groups is 1. The van der Waals surface area contributed by atoms with Crippen molar-refractivity contribution in [1.82, 2.24) is 0 Å². The average Bonchev–Trinajstić information content (AvgIpc) is 2.18. The third kappa shape index (κ3) is 2.88. The van der Waals surface area contributed by atoms with Crippen molar-refractivity contribution in [3.05, 3.63) is 24.3 Å². The molecule has 88 valence electrons. The van der Waals surface area contributed by atoms with Crippen molar-refractivity contribution in [2.45, 2.75) is 6.42 Å². The molecule has 5 heteroatoms. The number of rotatable bonds is 4.